The molecule has 1 N–H and O–H groups in total. The van der Waals surface area contributed by atoms with Gasteiger partial charge in [-0.25, -0.2) is 17.7 Å². The van der Waals surface area contributed by atoms with E-state index in [9.17, 15) is 8.42 Å². The van der Waals surface area contributed by atoms with Crippen molar-refractivity contribution in [2.45, 2.75) is 25.2 Å². The molecule has 7 nitrogen and oxygen atoms in total. The standard InChI is InChI=1S/C19H20N4O3S3/c1-3-26-16-7-6-15(11-13(16)2)29(24,25)20-9-8-14-12-28-19-21-18(22-23(14)19)17-5-4-10-27-17/h4-7,10-12,20H,3,8-9H2,1-2H3. The topological polar surface area (TPSA) is 85.6 Å². The van der Waals surface area contributed by atoms with Crippen LogP contribution < -0.4 is 9.46 Å². The Hall–Kier alpha value is -2.27. The van der Waals surface area contributed by atoms with Crippen LogP contribution in [0.1, 0.15) is 18.2 Å². The first-order valence-corrected chi connectivity index (χ1v) is 12.3. The van der Waals surface area contributed by atoms with E-state index in [0.717, 1.165) is 21.1 Å². The van der Waals surface area contributed by atoms with Gasteiger partial charge >= 0.3 is 0 Å². The third-order valence-electron chi connectivity index (χ3n) is 4.32. The molecule has 29 heavy (non-hydrogen) atoms. The molecule has 0 unspecified atom stereocenters. The van der Waals surface area contributed by atoms with Crippen LogP contribution in [-0.4, -0.2) is 36.2 Å². The summed E-state index contributed by atoms with van der Waals surface area (Å²) in [6.07, 6.45) is 0.516. The van der Waals surface area contributed by atoms with Gasteiger partial charge in [-0.05, 0) is 49.1 Å². The van der Waals surface area contributed by atoms with Crippen molar-refractivity contribution in [2.24, 2.45) is 0 Å². The van der Waals surface area contributed by atoms with E-state index in [1.54, 1.807) is 34.1 Å². The van der Waals surface area contributed by atoms with Crippen molar-refractivity contribution in [3.8, 4) is 16.5 Å². The maximum absolute atomic E-state index is 12.6. The van der Waals surface area contributed by atoms with Crippen LogP contribution in [0.5, 0.6) is 5.75 Å². The Balaban J connectivity index is 1.45. The van der Waals surface area contributed by atoms with Crippen LogP contribution >= 0.6 is 22.7 Å². The zero-order chi connectivity index (χ0) is 20.4. The highest BCUT2D eigenvalue weighted by atomic mass is 32.2. The van der Waals surface area contributed by atoms with Gasteiger partial charge in [0, 0.05) is 18.3 Å². The Bertz CT molecular complexity index is 1230. The van der Waals surface area contributed by atoms with Gasteiger partial charge in [0.1, 0.15) is 5.75 Å². The quantitative estimate of drug-likeness (QED) is 0.444. The molecule has 0 aliphatic heterocycles. The van der Waals surface area contributed by atoms with Gasteiger partial charge in [0.15, 0.2) is 5.82 Å². The van der Waals surface area contributed by atoms with Gasteiger partial charge in [-0.3, -0.25) is 0 Å². The summed E-state index contributed by atoms with van der Waals surface area (Å²) in [5, 5.41) is 8.51. The molecular weight excluding hydrogens is 428 g/mol. The maximum atomic E-state index is 12.6. The van der Waals surface area contributed by atoms with Gasteiger partial charge in [-0.2, -0.15) is 4.98 Å². The third kappa shape index (κ3) is 4.20. The number of rotatable bonds is 8. The lowest BCUT2D eigenvalue weighted by atomic mass is 10.2. The van der Waals surface area contributed by atoms with Crippen LogP contribution in [0.25, 0.3) is 15.7 Å². The number of nitrogens with one attached hydrogen (secondary N) is 1. The molecule has 4 aromatic rings. The molecular formula is C19H20N4O3S3. The predicted molar refractivity (Wildman–Crippen MR) is 115 cm³/mol. The lowest BCUT2D eigenvalue weighted by Gasteiger charge is -2.10. The van der Waals surface area contributed by atoms with Crippen molar-refractivity contribution < 1.29 is 13.2 Å². The molecule has 10 heteroatoms. The van der Waals surface area contributed by atoms with Crippen LogP contribution in [0.15, 0.2) is 46.0 Å². The predicted octanol–water partition coefficient (Wildman–Crippen LogP) is 3.75. The molecule has 0 radical (unpaired) electrons. The average molecular weight is 449 g/mol. The molecule has 0 bridgehead atoms. The minimum Gasteiger partial charge on any atom is -0.494 e. The molecule has 4 rings (SSSR count). The van der Waals surface area contributed by atoms with Crippen molar-refractivity contribution in [3.63, 3.8) is 0 Å². The first kappa shape index (κ1) is 20.0. The Morgan fingerprint density at radius 3 is 2.83 bits per heavy atom. The van der Waals surface area contributed by atoms with E-state index in [-0.39, 0.29) is 11.4 Å². The van der Waals surface area contributed by atoms with E-state index in [4.69, 9.17) is 4.74 Å². The first-order chi connectivity index (χ1) is 14.0. The van der Waals surface area contributed by atoms with Gasteiger partial charge in [0.2, 0.25) is 15.0 Å². The summed E-state index contributed by atoms with van der Waals surface area (Å²) < 4.78 is 35.2. The van der Waals surface area contributed by atoms with Crippen LogP contribution in [0.3, 0.4) is 0 Å². The smallest absolute Gasteiger partial charge is 0.240 e. The number of benzene rings is 1. The van der Waals surface area contributed by atoms with Crippen molar-refractivity contribution >= 4 is 37.7 Å². The molecule has 0 aliphatic rings. The number of aryl methyl sites for hydroxylation is 1. The highest BCUT2D eigenvalue weighted by molar-refractivity contribution is 7.89. The summed E-state index contributed by atoms with van der Waals surface area (Å²) in [7, 11) is -3.60. The number of ether oxygens (including phenoxy) is 1. The molecule has 0 saturated carbocycles. The zero-order valence-electron chi connectivity index (χ0n) is 16.0. The van der Waals surface area contributed by atoms with Crippen molar-refractivity contribution in [1.29, 1.82) is 0 Å². The van der Waals surface area contributed by atoms with Gasteiger partial charge < -0.3 is 4.74 Å². The second-order valence-corrected chi connectivity index (χ2v) is 9.89. The Morgan fingerprint density at radius 2 is 2.10 bits per heavy atom. The van der Waals surface area contributed by atoms with E-state index < -0.39 is 10.0 Å². The molecule has 3 aromatic heterocycles. The number of thiophene rings is 1. The van der Waals surface area contributed by atoms with E-state index in [2.05, 4.69) is 14.8 Å². The van der Waals surface area contributed by atoms with E-state index in [1.807, 2.05) is 36.7 Å². The molecule has 0 aliphatic carbocycles. The fourth-order valence-corrected chi connectivity index (χ4v) is 5.54. The number of fused-ring (bicyclic) bond motifs is 1. The minimum atomic E-state index is -3.60. The summed E-state index contributed by atoms with van der Waals surface area (Å²) in [4.78, 5) is 6.59. The monoisotopic (exact) mass is 448 g/mol. The summed E-state index contributed by atoms with van der Waals surface area (Å²) in [5.41, 5.74) is 1.71. The largest absolute Gasteiger partial charge is 0.494 e. The molecule has 0 saturated heterocycles. The third-order valence-corrected chi connectivity index (χ3v) is 7.51. The molecule has 0 amide bonds. The van der Waals surface area contributed by atoms with Crippen LogP contribution in [0.4, 0.5) is 0 Å². The first-order valence-electron chi connectivity index (χ1n) is 9.08. The molecule has 0 spiro atoms. The Kier molecular flexibility index (Phi) is 5.68. The second kappa shape index (κ2) is 8.23. The molecule has 152 valence electrons. The van der Waals surface area contributed by atoms with Crippen molar-refractivity contribution in [3.05, 3.63) is 52.3 Å². The Morgan fingerprint density at radius 1 is 1.24 bits per heavy atom. The van der Waals surface area contributed by atoms with E-state index in [1.165, 1.54) is 11.3 Å². The van der Waals surface area contributed by atoms with Gasteiger partial charge in [0.05, 0.1) is 22.1 Å². The summed E-state index contributed by atoms with van der Waals surface area (Å²) in [6, 6.07) is 8.83. The van der Waals surface area contributed by atoms with Crippen LogP contribution in [0, 0.1) is 6.92 Å². The van der Waals surface area contributed by atoms with Gasteiger partial charge in [-0.15, -0.1) is 27.8 Å². The normalized spacial score (nSPS) is 11.9. The second-order valence-electron chi connectivity index (χ2n) is 6.34. The zero-order valence-corrected chi connectivity index (χ0v) is 18.4. The van der Waals surface area contributed by atoms with E-state index in [0.29, 0.717) is 24.6 Å². The number of hydrogen-bond donors (Lipinski definition) is 1. The molecule has 1 aromatic carbocycles. The van der Waals surface area contributed by atoms with Gasteiger partial charge in [0.25, 0.3) is 0 Å². The number of aromatic nitrogens is 3. The lowest BCUT2D eigenvalue weighted by Crippen LogP contribution is -2.26. The summed E-state index contributed by atoms with van der Waals surface area (Å²) >= 11 is 3.09. The molecule has 0 fully saturated rings. The number of hydrogen-bond acceptors (Lipinski definition) is 7. The average Bonchev–Trinajstić information content (AvgIpc) is 3.41. The lowest BCUT2D eigenvalue weighted by molar-refractivity contribution is 0.337. The van der Waals surface area contributed by atoms with Crippen LogP contribution in [0.2, 0.25) is 0 Å². The van der Waals surface area contributed by atoms with Crippen molar-refractivity contribution in [1.82, 2.24) is 19.3 Å². The van der Waals surface area contributed by atoms with Crippen LogP contribution in [-0.2, 0) is 16.4 Å². The summed E-state index contributed by atoms with van der Waals surface area (Å²) in [5.74, 6) is 1.39. The summed E-state index contributed by atoms with van der Waals surface area (Å²) in [6.45, 7) is 4.54. The Labute approximate surface area is 177 Å². The highest BCUT2D eigenvalue weighted by Crippen LogP contribution is 2.25. The number of thiazole rings is 1. The fraction of sp³-hybridized carbons (Fsp3) is 0.263. The maximum Gasteiger partial charge on any atom is 0.240 e. The SMILES string of the molecule is CCOc1ccc(S(=O)(=O)NCCc2csc3nc(-c4cccs4)nn23)cc1C. The highest BCUT2D eigenvalue weighted by Gasteiger charge is 2.17. The van der Waals surface area contributed by atoms with E-state index >= 15 is 0 Å². The molecule has 0 atom stereocenters. The van der Waals surface area contributed by atoms with Crippen molar-refractivity contribution in [2.75, 3.05) is 13.2 Å². The molecule has 3 heterocycles. The number of sulfonamides is 1. The minimum absolute atomic E-state index is 0.231. The fourth-order valence-electron chi connectivity index (χ4n) is 2.91. The van der Waals surface area contributed by atoms with Gasteiger partial charge in [-0.1, -0.05) is 6.07 Å². The number of nitrogens with zero attached hydrogens (tertiary/aromatic N) is 3.